The lowest BCUT2D eigenvalue weighted by molar-refractivity contribution is -0.154. The molecule has 0 saturated heterocycles. The van der Waals surface area contributed by atoms with Crippen LogP contribution in [0.4, 0.5) is 0 Å². The molecule has 1 unspecified atom stereocenters. The minimum Gasteiger partial charge on any atom is -0.465 e. The second-order valence-corrected chi connectivity index (χ2v) is 5.14. The number of ketones is 1. The van der Waals surface area contributed by atoms with Crippen molar-refractivity contribution in [3.63, 3.8) is 0 Å². The van der Waals surface area contributed by atoms with Crippen LogP contribution in [0.25, 0.3) is 10.4 Å². The zero-order chi connectivity index (χ0) is 15.7. The van der Waals surface area contributed by atoms with Gasteiger partial charge in [-0.15, -0.1) is 0 Å². The molecule has 21 heavy (non-hydrogen) atoms. The Balaban J connectivity index is 2.90. The first-order chi connectivity index (χ1) is 10.2. The minimum atomic E-state index is -0.723. The summed E-state index contributed by atoms with van der Waals surface area (Å²) in [5.74, 6) is -1.74. The predicted octanol–water partition coefficient (Wildman–Crippen LogP) is 2.64. The van der Waals surface area contributed by atoms with E-state index in [2.05, 4.69) is 10.0 Å². The molecule has 1 fully saturated rings. The highest BCUT2D eigenvalue weighted by Crippen LogP contribution is 2.28. The number of hydrogen-bond acceptors (Lipinski definition) is 5. The van der Waals surface area contributed by atoms with Crippen molar-refractivity contribution in [2.75, 3.05) is 20.3 Å². The van der Waals surface area contributed by atoms with Crippen LogP contribution in [0.1, 0.15) is 39.0 Å². The highest BCUT2D eigenvalue weighted by atomic mass is 16.5. The second-order valence-electron chi connectivity index (χ2n) is 5.14. The maximum atomic E-state index is 12.7. The summed E-state index contributed by atoms with van der Waals surface area (Å²) in [5, 5.41) is 3.50. The van der Waals surface area contributed by atoms with Crippen LogP contribution in [-0.4, -0.2) is 38.1 Å². The van der Waals surface area contributed by atoms with Gasteiger partial charge in [-0.3, -0.25) is 9.59 Å². The summed E-state index contributed by atoms with van der Waals surface area (Å²) in [5.41, 5.74) is 8.43. The van der Waals surface area contributed by atoms with Gasteiger partial charge in [0.1, 0.15) is 5.92 Å². The Morgan fingerprint density at radius 3 is 2.76 bits per heavy atom. The Bertz CT molecular complexity index is 407. The molecule has 1 rings (SSSR count). The third-order valence-electron chi connectivity index (χ3n) is 3.86. The van der Waals surface area contributed by atoms with E-state index < -0.39 is 23.9 Å². The number of azide groups is 1. The summed E-state index contributed by atoms with van der Waals surface area (Å²) in [6.07, 6.45) is 3.40. The number of ether oxygens (including phenoxy) is 2. The number of hydrogen-bond donors (Lipinski definition) is 0. The van der Waals surface area contributed by atoms with Gasteiger partial charge in [0.2, 0.25) is 0 Å². The van der Waals surface area contributed by atoms with Crippen molar-refractivity contribution in [2.45, 2.75) is 45.1 Å². The van der Waals surface area contributed by atoms with Gasteiger partial charge >= 0.3 is 5.97 Å². The van der Waals surface area contributed by atoms with E-state index in [0.29, 0.717) is 12.8 Å². The van der Waals surface area contributed by atoms with Crippen molar-refractivity contribution < 1.29 is 19.1 Å². The van der Waals surface area contributed by atoms with Gasteiger partial charge in [-0.2, -0.15) is 0 Å². The van der Waals surface area contributed by atoms with Gasteiger partial charge in [0.05, 0.1) is 19.3 Å². The lowest BCUT2D eigenvalue weighted by atomic mass is 9.80. The maximum Gasteiger partial charge on any atom is 0.316 e. The Morgan fingerprint density at radius 1 is 1.43 bits per heavy atom. The number of rotatable bonds is 6. The quantitative estimate of drug-likeness (QED) is 0.247. The fraction of sp³-hybridized carbons (Fsp3) is 0.857. The number of esters is 1. The van der Waals surface area contributed by atoms with E-state index >= 15 is 0 Å². The molecule has 7 nitrogen and oxygen atoms in total. The lowest BCUT2D eigenvalue weighted by Gasteiger charge is -2.28. The van der Waals surface area contributed by atoms with Crippen molar-refractivity contribution >= 4 is 11.8 Å². The van der Waals surface area contributed by atoms with Crippen LogP contribution in [0.15, 0.2) is 5.11 Å². The zero-order valence-corrected chi connectivity index (χ0v) is 12.7. The average Bonchev–Trinajstić information content (AvgIpc) is 2.46. The molecular formula is C14H23N3O4. The number of nitrogens with zero attached hydrogens (tertiary/aromatic N) is 3. The van der Waals surface area contributed by atoms with Crippen molar-refractivity contribution in [3.05, 3.63) is 10.4 Å². The van der Waals surface area contributed by atoms with Gasteiger partial charge in [0.15, 0.2) is 5.78 Å². The first-order valence-corrected chi connectivity index (χ1v) is 7.39. The standard InChI is InChI=1S/C14H23N3O4/c1-3-21-14(19)11-8-6-4-5-7-10(13(11)18)12(20-2)9-16-17-15/h10-12H,3-9H2,1-2H3/t10-,11?,12+/m1/s1. The summed E-state index contributed by atoms with van der Waals surface area (Å²) in [6.45, 7) is 2.08. The lowest BCUT2D eigenvalue weighted by Crippen LogP contribution is -2.40. The number of methoxy groups -OCH3 is 1. The second kappa shape index (κ2) is 9.37. The zero-order valence-electron chi connectivity index (χ0n) is 12.7. The molecule has 0 spiro atoms. The molecule has 118 valence electrons. The van der Waals surface area contributed by atoms with Gasteiger partial charge in [-0.05, 0) is 25.3 Å². The third-order valence-corrected chi connectivity index (χ3v) is 3.86. The summed E-state index contributed by atoms with van der Waals surface area (Å²) >= 11 is 0. The Labute approximate surface area is 124 Å². The minimum absolute atomic E-state index is 0.0962. The predicted molar refractivity (Wildman–Crippen MR) is 76.5 cm³/mol. The van der Waals surface area contributed by atoms with E-state index in [1.165, 1.54) is 7.11 Å². The first-order valence-electron chi connectivity index (χ1n) is 7.39. The van der Waals surface area contributed by atoms with Gasteiger partial charge in [0.25, 0.3) is 0 Å². The van der Waals surface area contributed by atoms with E-state index in [1.807, 2.05) is 0 Å². The largest absolute Gasteiger partial charge is 0.465 e. The maximum absolute atomic E-state index is 12.7. The topological polar surface area (TPSA) is 101 Å². The van der Waals surface area contributed by atoms with Crippen LogP contribution < -0.4 is 0 Å². The first kappa shape index (κ1) is 17.5. The van der Waals surface area contributed by atoms with E-state index in [1.54, 1.807) is 6.92 Å². The van der Waals surface area contributed by atoms with Crippen molar-refractivity contribution in [2.24, 2.45) is 17.0 Å². The fourth-order valence-corrected chi connectivity index (χ4v) is 2.76. The molecule has 0 N–H and O–H groups in total. The molecule has 1 saturated carbocycles. The number of carbonyl (C=O) groups excluding carboxylic acids is 2. The van der Waals surface area contributed by atoms with Gasteiger partial charge in [-0.1, -0.05) is 24.4 Å². The van der Waals surface area contributed by atoms with Crippen LogP contribution in [-0.2, 0) is 19.1 Å². The molecule has 1 aliphatic rings. The molecule has 0 aromatic heterocycles. The third kappa shape index (κ3) is 5.02. The molecule has 0 aliphatic heterocycles. The number of Topliss-reactive ketones (excluding diaryl/α,β-unsaturated/α-hetero) is 1. The molecule has 3 atom stereocenters. The normalized spacial score (nSPS) is 24.4. The average molecular weight is 297 g/mol. The van der Waals surface area contributed by atoms with Crippen molar-refractivity contribution in [1.29, 1.82) is 0 Å². The van der Waals surface area contributed by atoms with Crippen LogP contribution in [0, 0.1) is 11.8 Å². The van der Waals surface area contributed by atoms with Gasteiger partial charge in [-0.25, -0.2) is 0 Å². The molecule has 0 aromatic rings. The summed E-state index contributed by atoms with van der Waals surface area (Å²) < 4.78 is 10.3. The molecule has 1 aliphatic carbocycles. The fourth-order valence-electron chi connectivity index (χ4n) is 2.76. The molecule has 0 amide bonds. The Kier molecular flexibility index (Phi) is 7.79. The SMILES string of the molecule is CCOC(=O)C1CCCCC[C@H]([C@H](CN=[N+]=[N-])OC)C1=O. The molecule has 0 aromatic carbocycles. The van der Waals surface area contributed by atoms with Crippen LogP contribution in [0.5, 0.6) is 0 Å². The van der Waals surface area contributed by atoms with E-state index in [-0.39, 0.29) is 18.9 Å². The molecule has 0 bridgehead atoms. The Hall–Kier alpha value is -1.59. The highest BCUT2D eigenvalue weighted by molar-refractivity contribution is 6.00. The van der Waals surface area contributed by atoms with Crippen LogP contribution >= 0.6 is 0 Å². The highest BCUT2D eigenvalue weighted by Gasteiger charge is 2.37. The monoisotopic (exact) mass is 297 g/mol. The van der Waals surface area contributed by atoms with E-state index in [4.69, 9.17) is 15.0 Å². The number of carbonyl (C=O) groups is 2. The van der Waals surface area contributed by atoms with Gasteiger partial charge < -0.3 is 9.47 Å². The Morgan fingerprint density at radius 2 is 2.14 bits per heavy atom. The van der Waals surface area contributed by atoms with Crippen LogP contribution in [0.2, 0.25) is 0 Å². The summed E-state index contributed by atoms with van der Waals surface area (Å²) in [7, 11) is 1.49. The van der Waals surface area contributed by atoms with Gasteiger partial charge in [0, 0.05) is 17.9 Å². The van der Waals surface area contributed by atoms with Crippen molar-refractivity contribution in [3.8, 4) is 0 Å². The van der Waals surface area contributed by atoms with Crippen molar-refractivity contribution in [1.82, 2.24) is 0 Å². The molecular weight excluding hydrogens is 274 g/mol. The summed E-state index contributed by atoms with van der Waals surface area (Å²) in [4.78, 5) is 27.4. The van der Waals surface area contributed by atoms with E-state index in [0.717, 1.165) is 19.3 Å². The molecule has 7 heteroatoms. The van der Waals surface area contributed by atoms with E-state index in [9.17, 15) is 9.59 Å². The smallest absolute Gasteiger partial charge is 0.316 e. The van der Waals surface area contributed by atoms with Crippen LogP contribution in [0.3, 0.4) is 0 Å². The molecule has 0 heterocycles. The molecule has 0 radical (unpaired) electrons. The summed E-state index contributed by atoms with van der Waals surface area (Å²) in [6, 6.07) is 0.